The highest BCUT2D eigenvalue weighted by Crippen LogP contribution is 2.36. The van der Waals surface area contributed by atoms with Crippen molar-refractivity contribution in [3.05, 3.63) is 35.9 Å². The lowest BCUT2D eigenvalue weighted by atomic mass is 10.2. The monoisotopic (exact) mass is 397 g/mol. The van der Waals surface area contributed by atoms with Crippen LogP contribution < -0.4 is 5.32 Å². The normalized spacial score (nSPS) is 12.0. The van der Waals surface area contributed by atoms with Gasteiger partial charge in [0.15, 0.2) is 8.32 Å². The van der Waals surface area contributed by atoms with E-state index in [1.54, 1.807) is 0 Å². The van der Waals surface area contributed by atoms with Crippen molar-refractivity contribution in [3.8, 4) is 0 Å². The fourth-order valence-electron chi connectivity index (χ4n) is 1.89. The molecule has 0 aromatic heterocycles. The number of nitrogens with one attached hydrogen (secondary N) is 1. The number of hydrogen-bond donors (Lipinski definition) is 1. The van der Waals surface area contributed by atoms with Crippen LogP contribution in [-0.2, 0) is 25.2 Å². The maximum atomic E-state index is 11.6. The van der Waals surface area contributed by atoms with Crippen molar-refractivity contribution in [2.24, 2.45) is 0 Å². The number of ether oxygens (including phenoxy) is 3. The molecule has 1 amide bonds. The third-order valence-electron chi connectivity index (χ3n) is 4.60. The second-order valence-electron chi connectivity index (χ2n) is 7.82. The van der Waals surface area contributed by atoms with Crippen molar-refractivity contribution in [1.29, 1.82) is 0 Å². The van der Waals surface area contributed by atoms with E-state index in [4.69, 9.17) is 18.6 Å². The van der Waals surface area contributed by atoms with Gasteiger partial charge in [-0.2, -0.15) is 0 Å². The number of carbonyl (C=O) groups excluding carboxylic acids is 1. The zero-order chi connectivity index (χ0) is 20.2. The number of alkyl carbamates (subject to hydrolysis) is 1. The molecule has 0 aliphatic carbocycles. The third-order valence-corrected chi connectivity index (χ3v) is 9.14. The SMILES string of the molecule is CC(C)(C)[Si](C)(C)OCCOCCOCCNC(=O)OCc1ccccc1. The van der Waals surface area contributed by atoms with Gasteiger partial charge in [-0.15, -0.1) is 0 Å². The van der Waals surface area contributed by atoms with Crippen molar-refractivity contribution < 1.29 is 23.4 Å². The van der Waals surface area contributed by atoms with Crippen LogP contribution in [0.5, 0.6) is 0 Å². The summed E-state index contributed by atoms with van der Waals surface area (Å²) >= 11 is 0. The Morgan fingerprint density at radius 2 is 1.56 bits per heavy atom. The summed E-state index contributed by atoms with van der Waals surface area (Å²) in [4.78, 5) is 11.6. The molecule has 0 aliphatic heterocycles. The minimum atomic E-state index is -1.69. The number of amides is 1. The average molecular weight is 398 g/mol. The molecular weight excluding hydrogens is 362 g/mol. The molecule has 0 aliphatic rings. The Bertz CT molecular complexity index is 531. The number of rotatable bonds is 12. The molecule has 7 heteroatoms. The van der Waals surface area contributed by atoms with Gasteiger partial charge in [0.2, 0.25) is 0 Å². The molecule has 0 radical (unpaired) electrons. The van der Waals surface area contributed by atoms with Crippen LogP contribution in [-0.4, -0.2) is 54.0 Å². The first-order chi connectivity index (χ1) is 12.7. The molecule has 154 valence electrons. The third kappa shape index (κ3) is 10.5. The predicted molar refractivity (Wildman–Crippen MR) is 109 cm³/mol. The molecule has 6 nitrogen and oxygen atoms in total. The molecule has 0 saturated carbocycles. The van der Waals surface area contributed by atoms with Gasteiger partial charge >= 0.3 is 6.09 Å². The quantitative estimate of drug-likeness (QED) is 0.427. The maximum absolute atomic E-state index is 11.6. The van der Waals surface area contributed by atoms with E-state index in [9.17, 15) is 4.79 Å². The number of hydrogen-bond acceptors (Lipinski definition) is 5. The van der Waals surface area contributed by atoms with Gasteiger partial charge < -0.3 is 24.0 Å². The lowest BCUT2D eigenvalue weighted by Crippen LogP contribution is -2.41. The molecule has 27 heavy (non-hydrogen) atoms. The van der Waals surface area contributed by atoms with Gasteiger partial charge in [0.25, 0.3) is 0 Å². The van der Waals surface area contributed by atoms with Crippen LogP contribution in [0.25, 0.3) is 0 Å². The highest BCUT2D eigenvalue weighted by atomic mass is 28.4. The topological polar surface area (TPSA) is 66.0 Å². The van der Waals surface area contributed by atoms with Crippen molar-refractivity contribution in [1.82, 2.24) is 5.32 Å². The Kier molecular flexibility index (Phi) is 10.6. The Labute approximate surface area is 164 Å². The summed E-state index contributed by atoms with van der Waals surface area (Å²) in [7, 11) is -1.69. The minimum absolute atomic E-state index is 0.214. The molecule has 0 bridgehead atoms. The highest BCUT2D eigenvalue weighted by molar-refractivity contribution is 6.74. The van der Waals surface area contributed by atoms with Gasteiger partial charge in [-0.3, -0.25) is 0 Å². The summed E-state index contributed by atoms with van der Waals surface area (Å²) in [6.07, 6.45) is -0.443. The molecule has 1 aromatic carbocycles. The van der Waals surface area contributed by atoms with E-state index in [1.807, 2.05) is 30.3 Å². The van der Waals surface area contributed by atoms with Crippen LogP contribution in [0.15, 0.2) is 30.3 Å². The van der Waals surface area contributed by atoms with Crippen LogP contribution in [0, 0.1) is 0 Å². The van der Waals surface area contributed by atoms with Crippen molar-refractivity contribution in [2.75, 3.05) is 39.6 Å². The van der Waals surface area contributed by atoms with Crippen molar-refractivity contribution in [3.63, 3.8) is 0 Å². The zero-order valence-electron chi connectivity index (χ0n) is 17.4. The van der Waals surface area contributed by atoms with Gasteiger partial charge in [0.05, 0.1) is 33.0 Å². The van der Waals surface area contributed by atoms with E-state index in [-0.39, 0.29) is 11.6 Å². The van der Waals surface area contributed by atoms with Crippen LogP contribution in [0.1, 0.15) is 26.3 Å². The van der Waals surface area contributed by atoms with Crippen molar-refractivity contribution in [2.45, 2.75) is 45.5 Å². The van der Waals surface area contributed by atoms with Gasteiger partial charge in [0.1, 0.15) is 6.61 Å². The van der Waals surface area contributed by atoms with Crippen LogP contribution in [0.3, 0.4) is 0 Å². The first-order valence-electron chi connectivity index (χ1n) is 9.46. The van der Waals surface area contributed by atoms with Gasteiger partial charge in [0, 0.05) is 6.54 Å². The smallest absolute Gasteiger partial charge is 0.407 e. The Hall–Kier alpha value is -1.41. The first kappa shape index (κ1) is 23.6. The fraction of sp³-hybridized carbons (Fsp3) is 0.650. The van der Waals surface area contributed by atoms with E-state index >= 15 is 0 Å². The van der Waals surface area contributed by atoms with Gasteiger partial charge in [-0.25, -0.2) is 4.79 Å². The van der Waals surface area contributed by atoms with Gasteiger partial charge in [-0.1, -0.05) is 51.1 Å². The predicted octanol–water partition coefficient (Wildman–Crippen LogP) is 3.97. The van der Waals surface area contributed by atoms with Crippen LogP contribution in [0.2, 0.25) is 18.1 Å². The summed E-state index contributed by atoms with van der Waals surface area (Å²) in [5, 5.41) is 2.87. The summed E-state index contributed by atoms with van der Waals surface area (Å²) in [5.74, 6) is 0. The van der Waals surface area contributed by atoms with Crippen LogP contribution >= 0.6 is 0 Å². The number of benzene rings is 1. The summed E-state index contributed by atoms with van der Waals surface area (Å²) in [6, 6.07) is 9.56. The lowest BCUT2D eigenvalue weighted by molar-refractivity contribution is 0.0352. The average Bonchev–Trinajstić information content (AvgIpc) is 2.61. The molecule has 0 saturated heterocycles. The molecule has 1 rings (SSSR count). The van der Waals surface area contributed by atoms with Gasteiger partial charge in [-0.05, 0) is 23.7 Å². The standard InChI is InChI=1S/C20H35NO5Si/c1-20(2,3)27(4,5)26-16-15-24-14-13-23-12-11-21-19(22)25-17-18-9-7-6-8-10-18/h6-10H,11-17H2,1-5H3,(H,21,22). The second kappa shape index (κ2) is 12.1. The molecule has 0 heterocycles. The minimum Gasteiger partial charge on any atom is -0.445 e. The highest BCUT2D eigenvalue weighted by Gasteiger charge is 2.36. The molecule has 0 spiro atoms. The van der Waals surface area contributed by atoms with E-state index in [2.05, 4.69) is 39.2 Å². The van der Waals surface area contributed by atoms with Crippen molar-refractivity contribution >= 4 is 14.4 Å². The fourth-order valence-corrected chi connectivity index (χ4v) is 2.92. The lowest BCUT2D eigenvalue weighted by Gasteiger charge is -2.36. The first-order valence-corrected chi connectivity index (χ1v) is 12.4. The van der Waals surface area contributed by atoms with E-state index < -0.39 is 14.4 Å². The van der Waals surface area contributed by atoms with E-state index in [0.29, 0.717) is 39.6 Å². The summed E-state index contributed by atoms with van der Waals surface area (Å²) in [5.41, 5.74) is 0.957. The molecule has 0 fully saturated rings. The molecule has 0 unspecified atom stereocenters. The van der Waals surface area contributed by atoms with E-state index in [0.717, 1.165) is 5.56 Å². The molecule has 1 N–H and O–H groups in total. The molecule has 1 aromatic rings. The van der Waals surface area contributed by atoms with Crippen LogP contribution in [0.4, 0.5) is 4.79 Å². The second-order valence-corrected chi connectivity index (χ2v) is 12.6. The Balaban J connectivity index is 1.92. The number of carbonyl (C=O) groups is 1. The molecule has 0 atom stereocenters. The largest absolute Gasteiger partial charge is 0.445 e. The van der Waals surface area contributed by atoms with E-state index in [1.165, 1.54) is 0 Å². The molecular formula is C20H35NO5Si. The Morgan fingerprint density at radius 3 is 2.19 bits per heavy atom. The maximum Gasteiger partial charge on any atom is 0.407 e. The summed E-state index contributed by atoms with van der Waals surface area (Å²) in [6.45, 7) is 14.4. The Morgan fingerprint density at radius 1 is 0.963 bits per heavy atom. The zero-order valence-corrected chi connectivity index (χ0v) is 18.4. The summed E-state index contributed by atoms with van der Waals surface area (Å²) < 4.78 is 22.1.